The zero-order valence-corrected chi connectivity index (χ0v) is 21.0. The van der Waals surface area contributed by atoms with Gasteiger partial charge < -0.3 is 19.5 Å². The molecule has 0 radical (unpaired) electrons. The number of aliphatic carboxylic acids is 1. The third kappa shape index (κ3) is 7.14. The normalized spacial score (nSPS) is 11.9. The lowest BCUT2D eigenvalue weighted by atomic mass is 9.94. The molecule has 3 rings (SSSR count). The van der Waals surface area contributed by atoms with Crippen LogP contribution in [0.4, 0.5) is 0 Å². The zero-order chi connectivity index (χ0) is 26.1. The van der Waals surface area contributed by atoms with Crippen LogP contribution in [-0.2, 0) is 29.1 Å². The van der Waals surface area contributed by atoms with Crippen LogP contribution in [0.2, 0.25) is 5.02 Å². The molecular formula is C27H30ClN3O5. The summed E-state index contributed by atoms with van der Waals surface area (Å²) in [6.07, 6.45) is 3.44. The molecule has 1 atom stereocenters. The van der Waals surface area contributed by atoms with Crippen molar-refractivity contribution >= 4 is 34.4 Å². The van der Waals surface area contributed by atoms with Crippen molar-refractivity contribution in [1.82, 2.24) is 9.55 Å². The number of aromatic nitrogens is 2. The summed E-state index contributed by atoms with van der Waals surface area (Å²) in [7, 11) is 0. The van der Waals surface area contributed by atoms with Crippen LogP contribution in [0.1, 0.15) is 59.8 Å². The molecular weight excluding hydrogens is 482 g/mol. The summed E-state index contributed by atoms with van der Waals surface area (Å²) in [6.45, 7) is 2.84. The number of aliphatic hydroxyl groups is 1. The van der Waals surface area contributed by atoms with E-state index in [2.05, 4.69) is 11.1 Å². The van der Waals surface area contributed by atoms with E-state index in [1.54, 1.807) is 13.0 Å². The molecule has 2 heterocycles. The Balaban J connectivity index is 1.79. The number of hydrogen-bond donors (Lipinski definition) is 2. The first-order valence-corrected chi connectivity index (χ1v) is 12.3. The maximum Gasteiger partial charge on any atom is 0.303 e. The van der Waals surface area contributed by atoms with Crippen LogP contribution in [0.5, 0.6) is 0 Å². The maximum absolute atomic E-state index is 13.4. The molecule has 0 bridgehead atoms. The summed E-state index contributed by atoms with van der Waals surface area (Å²) >= 11 is 6.01. The number of pyridine rings is 1. The van der Waals surface area contributed by atoms with Gasteiger partial charge in [0, 0.05) is 53.9 Å². The van der Waals surface area contributed by atoms with Crippen LogP contribution in [0.3, 0.4) is 0 Å². The Morgan fingerprint density at radius 2 is 2.06 bits per heavy atom. The number of unbranched alkanes of at least 4 members (excludes halogenated alkanes) is 1. The predicted octanol–water partition coefficient (Wildman–Crippen LogP) is 4.78. The fraction of sp³-hybridized carbons (Fsp3) is 0.407. The number of benzene rings is 1. The number of carbonyl (C=O) groups is 2. The highest BCUT2D eigenvalue weighted by Crippen LogP contribution is 2.30. The molecule has 0 fully saturated rings. The number of aliphatic hydroxyl groups excluding tert-OH is 1. The number of carboxylic acid groups (broad SMARTS) is 1. The number of nitriles is 1. The minimum Gasteiger partial charge on any atom is -0.481 e. The number of hydrogen-bond acceptors (Lipinski definition) is 6. The Labute approximate surface area is 215 Å². The second kappa shape index (κ2) is 13.2. The molecule has 1 aromatic carbocycles. The zero-order valence-electron chi connectivity index (χ0n) is 20.2. The van der Waals surface area contributed by atoms with E-state index in [1.807, 2.05) is 28.8 Å². The van der Waals surface area contributed by atoms with Crippen molar-refractivity contribution in [2.24, 2.45) is 5.92 Å². The van der Waals surface area contributed by atoms with Crippen molar-refractivity contribution in [3.05, 3.63) is 63.9 Å². The van der Waals surface area contributed by atoms with Gasteiger partial charge in [-0.15, -0.1) is 0 Å². The molecule has 9 heteroatoms. The number of halogens is 1. The standard InChI is InChI=1S/C27H30ClN3O5/c1-18(12-25(34)35)11-24(33)26-22-14-20(15-29)16-30-27(22)31(8-9-32)23(26)7-2-3-10-36-17-19-5-4-6-21(28)13-19/h4-6,13-14,16,18,32H,2-3,7-12,17H2,1H3,(H,34,35). The average Bonchev–Trinajstić information content (AvgIpc) is 3.13. The van der Waals surface area contributed by atoms with Gasteiger partial charge in [-0.05, 0) is 48.9 Å². The largest absolute Gasteiger partial charge is 0.481 e. The molecule has 1 unspecified atom stereocenters. The lowest BCUT2D eigenvalue weighted by Crippen LogP contribution is -2.14. The van der Waals surface area contributed by atoms with Crippen molar-refractivity contribution in [3.63, 3.8) is 0 Å². The van der Waals surface area contributed by atoms with Gasteiger partial charge in [0.25, 0.3) is 0 Å². The first-order valence-electron chi connectivity index (χ1n) is 11.9. The minimum absolute atomic E-state index is 0.0665. The van der Waals surface area contributed by atoms with Crippen molar-refractivity contribution < 1.29 is 24.5 Å². The quantitative estimate of drug-likeness (QED) is 0.235. The second-order valence-corrected chi connectivity index (χ2v) is 9.31. The summed E-state index contributed by atoms with van der Waals surface area (Å²) < 4.78 is 7.60. The summed E-state index contributed by atoms with van der Waals surface area (Å²) in [5.41, 5.74) is 3.05. The SMILES string of the molecule is CC(CC(=O)O)CC(=O)c1c(CCCCOCc2cccc(Cl)c2)n(CCO)c2ncc(C#N)cc12. The molecule has 0 amide bonds. The van der Waals surface area contributed by atoms with Gasteiger partial charge >= 0.3 is 5.97 Å². The van der Waals surface area contributed by atoms with Crippen LogP contribution in [0.15, 0.2) is 36.5 Å². The molecule has 2 aromatic heterocycles. The number of carboxylic acids is 1. The van der Waals surface area contributed by atoms with Crippen molar-refractivity contribution in [3.8, 4) is 6.07 Å². The summed E-state index contributed by atoms with van der Waals surface area (Å²) in [6, 6.07) is 11.2. The lowest BCUT2D eigenvalue weighted by Gasteiger charge is -2.12. The van der Waals surface area contributed by atoms with Gasteiger partial charge in [-0.25, -0.2) is 4.98 Å². The molecule has 2 N–H and O–H groups in total. The number of Topliss-reactive ketones (excluding diaryl/α,β-unsaturated/α-hetero) is 1. The summed E-state index contributed by atoms with van der Waals surface area (Å²) in [5.74, 6) is -1.48. The monoisotopic (exact) mass is 511 g/mol. The van der Waals surface area contributed by atoms with E-state index in [1.165, 1.54) is 6.20 Å². The number of rotatable bonds is 14. The molecule has 0 saturated carbocycles. The molecule has 36 heavy (non-hydrogen) atoms. The molecule has 0 saturated heterocycles. The van der Waals surface area contributed by atoms with Crippen LogP contribution < -0.4 is 0 Å². The molecule has 8 nitrogen and oxygen atoms in total. The number of ketones is 1. The molecule has 0 aliphatic heterocycles. The second-order valence-electron chi connectivity index (χ2n) is 8.87. The fourth-order valence-electron chi connectivity index (χ4n) is 4.35. The van der Waals surface area contributed by atoms with Gasteiger partial charge in [0.2, 0.25) is 0 Å². The van der Waals surface area contributed by atoms with E-state index in [9.17, 15) is 20.0 Å². The topological polar surface area (TPSA) is 125 Å². The van der Waals surface area contributed by atoms with Crippen molar-refractivity contribution in [2.75, 3.05) is 13.2 Å². The van der Waals surface area contributed by atoms with E-state index in [0.29, 0.717) is 46.8 Å². The van der Waals surface area contributed by atoms with Gasteiger partial charge in [0.1, 0.15) is 11.7 Å². The molecule has 3 aromatic rings. The third-order valence-corrected chi connectivity index (χ3v) is 6.14. The van der Waals surface area contributed by atoms with Crippen LogP contribution >= 0.6 is 11.6 Å². The highest BCUT2D eigenvalue weighted by molar-refractivity contribution is 6.30. The highest BCUT2D eigenvalue weighted by Gasteiger charge is 2.25. The van der Waals surface area contributed by atoms with Crippen LogP contribution in [-0.4, -0.2) is 44.7 Å². The fourth-order valence-corrected chi connectivity index (χ4v) is 4.56. The molecule has 0 aliphatic carbocycles. The van der Waals surface area contributed by atoms with Crippen LogP contribution in [0.25, 0.3) is 11.0 Å². The summed E-state index contributed by atoms with van der Waals surface area (Å²) in [4.78, 5) is 28.9. The maximum atomic E-state index is 13.4. The van der Waals surface area contributed by atoms with E-state index in [4.69, 9.17) is 21.4 Å². The molecule has 190 valence electrons. The van der Waals surface area contributed by atoms with E-state index in [0.717, 1.165) is 24.1 Å². The number of ether oxygens (including phenoxy) is 1. The molecule has 0 spiro atoms. The first-order chi connectivity index (χ1) is 17.3. The van der Waals surface area contributed by atoms with E-state index < -0.39 is 5.97 Å². The van der Waals surface area contributed by atoms with Gasteiger partial charge in [0.05, 0.1) is 18.8 Å². The third-order valence-electron chi connectivity index (χ3n) is 5.90. The van der Waals surface area contributed by atoms with Crippen molar-refractivity contribution in [1.29, 1.82) is 5.26 Å². The lowest BCUT2D eigenvalue weighted by molar-refractivity contribution is -0.137. The average molecular weight is 512 g/mol. The number of carbonyl (C=O) groups excluding carboxylic acids is 1. The highest BCUT2D eigenvalue weighted by atomic mass is 35.5. The van der Waals surface area contributed by atoms with Gasteiger partial charge in [-0.1, -0.05) is 30.7 Å². The Hall–Kier alpha value is -3.25. The van der Waals surface area contributed by atoms with Gasteiger partial charge in [0.15, 0.2) is 5.78 Å². The summed E-state index contributed by atoms with van der Waals surface area (Å²) in [5, 5.41) is 29.4. The van der Waals surface area contributed by atoms with Gasteiger partial charge in [-0.3, -0.25) is 9.59 Å². The first kappa shape index (κ1) is 27.3. The van der Waals surface area contributed by atoms with Crippen LogP contribution in [0, 0.1) is 17.2 Å². The Morgan fingerprint density at radius 3 is 2.75 bits per heavy atom. The van der Waals surface area contributed by atoms with Crippen molar-refractivity contribution in [2.45, 2.75) is 52.2 Å². The van der Waals surface area contributed by atoms with E-state index in [-0.39, 0.29) is 37.7 Å². The predicted molar refractivity (Wildman–Crippen MR) is 136 cm³/mol. The Morgan fingerprint density at radius 1 is 1.25 bits per heavy atom. The minimum atomic E-state index is -0.954. The Kier molecular flexibility index (Phi) is 10.00. The van der Waals surface area contributed by atoms with E-state index >= 15 is 0 Å². The smallest absolute Gasteiger partial charge is 0.303 e. The van der Waals surface area contributed by atoms with Gasteiger partial charge in [-0.2, -0.15) is 5.26 Å². The number of nitrogens with zero attached hydrogens (tertiary/aromatic N) is 3. The Bertz CT molecular complexity index is 1260. The molecule has 0 aliphatic rings. The number of fused-ring (bicyclic) bond motifs is 1.